The van der Waals surface area contributed by atoms with E-state index in [-0.39, 0.29) is 31.1 Å². The van der Waals surface area contributed by atoms with Gasteiger partial charge in [0.1, 0.15) is 13.2 Å². The van der Waals surface area contributed by atoms with Crippen LogP contribution in [0.2, 0.25) is 0 Å². The first-order valence-electron chi connectivity index (χ1n) is 25.4. The molecule has 0 spiro atoms. The standard InChI is InChI=1S/C57H92O6/c1-4-7-10-13-15-16-17-18-19-20-21-22-23-24-25-26-27-28-29-30-31-32-33-34-35-36-37-38-39-40-42-44-47-50-56(59)62-53-54(52-61-55(58)49-46-43-12-9-6-3)63-57(60)51-48-45-41-14-11-8-5-2/h7,10,15-16,18-19,21-22,24-25,27-28,30-31,33-34,36-37,54H,4-6,8-9,11-14,17,20,23,26,29,32,35,38-53H2,1-3H3/b10-7-,16-15-,19-18-,22-21-,25-24-,28-27-,31-30-,34-33-,37-36-. The first-order chi connectivity index (χ1) is 31.0. The van der Waals surface area contributed by atoms with E-state index < -0.39 is 6.10 Å². The van der Waals surface area contributed by atoms with E-state index in [1.807, 2.05) is 0 Å². The fraction of sp³-hybridized carbons (Fsp3) is 0.632. The van der Waals surface area contributed by atoms with Crippen molar-refractivity contribution in [2.45, 2.75) is 219 Å². The Balaban J connectivity index is 4.03. The van der Waals surface area contributed by atoms with E-state index in [1.54, 1.807) is 0 Å². The minimum Gasteiger partial charge on any atom is -0.462 e. The molecule has 1 atom stereocenters. The van der Waals surface area contributed by atoms with Crippen LogP contribution in [0, 0.1) is 0 Å². The second-order valence-corrected chi connectivity index (χ2v) is 16.4. The molecule has 0 aromatic rings. The quantitative estimate of drug-likeness (QED) is 0.0263. The topological polar surface area (TPSA) is 78.9 Å². The van der Waals surface area contributed by atoms with Crippen LogP contribution in [0.1, 0.15) is 213 Å². The summed E-state index contributed by atoms with van der Waals surface area (Å²) in [6.07, 6.45) is 68.6. The molecule has 0 fully saturated rings. The highest BCUT2D eigenvalue weighted by Gasteiger charge is 2.19. The molecule has 0 rings (SSSR count). The van der Waals surface area contributed by atoms with Crippen molar-refractivity contribution in [3.8, 4) is 0 Å². The van der Waals surface area contributed by atoms with Crippen LogP contribution in [0.15, 0.2) is 109 Å². The highest BCUT2D eigenvalue weighted by Crippen LogP contribution is 2.12. The minimum atomic E-state index is -0.778. The van der Waals surface area contributed by atoms with Crippen molar-refractivity contribution in [1.29, 1.82) is 0 Å². The van der Waals surface area contributed by atoms with Crippen molar-refractivity contribution in [1.82, 2.24) is 0 Å². The largest absolute Gasteiger partial charge is 0.462 e. The van der Waals surface area contributed by atoms with Crippen molar-refractivity contribution in [2.75, 3.05) is 13.2 Å². The lowest BCUT2D eigenvalue weighted by Crippen LogP contribution is -2.30. The second-order valence-electron chi connectivity index (χ2n) is 16.4. The number of rotatable bonds is 44. The summed E-state index contributed by atoms with van der Waals surface area (Å²) < 4.78 is 16.5. The number of allylic oxidation sites excluding steroid dienone is 18. The Morgan fingerprint density at radius 2 is 0.619 bits per heavy atom. The van der Waals surface area contributed by atoms with E-state index in [2.05, 4.69) is 130 Å². The first-order valence-corrected chi connectivity index (χ1v) is 25.4. The van der Waals surface area contributed by atoms with Gasteiger partial charge in [-0.2, -0.15) is 0 Å². The van der Waals surface area contributed by atoms with E-state index in [9.17, 15) is 14.4 Å². The number of carbonyl (C=O) groups excluding carboxylic acids is 3. The van der Waals surface area contributed by atoms with Gasteiger partial charge in [-0.15, -0.1) is 0 Å². The van der Waals surface area contributed by atoms with Crippen LogP contribution in [-0.4, -0.2) is 37.2 Å². The third kappa shape index (κ3) is 49.0. The molecule has 0 aliphatic heterocycles. The summed E-state index contributed by atoms with van der Waals surface area (Å²) in [4.78, 5) is 37.3. The fourth-order valence-electron chi connectivity index (χ4n) is 6.49. The Hall–Kier alpha value is -3.93. The molecular formula is C57H92O6. The van der Waals surface area contributed by atoms with E-state index in [0.29, 0.717) is 19.3 Å². The first kappa shape index (κ1) is 59.1. The average Bonchev–Trinajstić information content (AvgIpc) is 3.28. The summed E-state index contributed by atoms with van der Waals surface area (Å²) in [6.45, 7) is 6.35. The summed E-state index contributed by atoms with van der Waals surface area (Å²) in [5.41, 5.74) is 0. The zero-order valence-electron chi connectivity index (χ0n) is 40.5. The van der Waals surface area contributed by atoms with Gasteiger partial charge in [-0.1, -0.05) is 214 Å². The molecule has 0 saturated carbocycles. The van der Waals surface area contributed by atoms with E-state index in [0.717, 1.165) is 141 Å². The molecule has 0 N–H and O–H groups in total. The highest BCUT2D eigenvalue weighted by atomic mass is 16.6. The Kier molecular flexibility index (Phi) is 47.5. The second kappa shape index (κ2) is 50.7. The number of hydrogen-bond donors (Lipinski definition) is 0. The molecular weight excluding hydrogens is 781 g/mol. The molecule has 1 unspecified atom stereocenters. The molecule has 356 valence electrons. The van der Waals surface area contributed by atoms with Crippen molar-refractivity contribution in [3.63, 3.8) is 0 Å². The third-order valence-electron chi connectivity index (χ3n) is 10.3. The van der Waals surface area contributed by atoms with E-state index >= 15 is 0 Å². The van der Waals surface area contributed by atoms with Crippen LogP contribution >= 0.6 is 0 Å². The molecule has 6 heteroatoms. The molecule has 0 heterocycles. The molecule has 0 amide bonds. The van der Waals surface area contributed by atoms with Crippen LogP contribution in [0.3, 0.4) is 0 Å². The van der Waals surface area contributed by atoms with E-state index in [4.69, 9.17) is 14.2 Å². The highest BCUT2D eigenvalue weighted by molar-refractivity contribution is 5.71. The minimum absolute atomic E-state index is 0.0851. The SMILES string of the molecule is CC/C=C\C/C=C\C/C=C\C/C=C\C/C=C\C/C=C\C/C=C\C/C=C\C/C=C\CCCCCCCC(=O)OCC(COC(=O)CCCCCCC)OC(=O)CCCCCCCCC. The predicted molar refractivity (Wildman–Crippen MR) is 270 cm³/mol. The number of ether oxygens (including phenoxy) is 3. The Morgan fingerprint density at radius 1 is 0.333 bits per heavy atom. The van der Waals surface area contributed by atoms with Crippen LogP contribution in [0.4, 0.5) is 0 Å². The van der Waals surface area contributed by atoms with Crippen molar-refractivity contribution in [3.05, 3.63) is 109 Å². The van der Waals surface area contributed by atoms with Crippen molar-refractivity contribution >= 4 is 17.9 Å². The fourth-order valence-corrected chi connectivity index (χ4v) is 6.49. The number of carbonyl (C=O) groups is 3. The lowest BCUT2D eigenvalue weighted by molar-refractivity contribution is -0.167. The normalized spacial score (nSPS) is 13.0. The number of esters is 3. The van der Waals surface area contributed by atoms with Gasteiger partial charge in [0, 0.05) is 19.3 Å². The van der Waals surface area contributed by atoms with Crippen molar-refractivity contribution < 1.29 is 28.6 Å². The van der Waals surface area contributed by atoms with Gasteiger partial charge < -0.3 is 14.2 Å². The molecule has 0 aliphatic carbocycles. The van der Waals surface area contributed by atoms with E-state index in [1.165, 1.54) is 32.1 Å². The van der Waals surface area contributed by atoms with Gasteiger partial charge in [0.15, 0.2) is 6.10 Å². The molecule has 0 radical (unpaired) electrons. The molecule has 0 aromatic carbocycles. The molecule has 0 aliphatic rings. The van der Waals surface area contributed by atoms with Crippen LogP contribution in [0.5, 0.6) is 0 Å². The van der Waals surface area contributed by atoms with Gasteiger partial charge in [-0.05, 0) is 89.9 Å². The van der Waals surface area contributed by atoms with Crippen LogP contribution in [-0.2, 0) is 28.6 Å². The summed E-state index contributed by atoms with van der Waals surface area (Å²) in [5, 5.41) is 0. The Morgan fingerprint density at radius 3 is 0.968 bits per heavy atom. The van der Waals surface area contributed by atoms with Gasteiger partial charge in [-0.3, -0.25) is 14.4 Å². The molecule has 0 bridgehead atoms. The molecule has 6 nitrogen and oxygen atoms in total. The maximum Gasteiger partial charge on any atom is 0.306 e. The monoisotopic (exact) mass is 873 g/mol. The zero-order valence-corrected chi connectivity index (χ0v) is 40.5. The Bertz CT molecular complexity index is 1330. The van der Waals surface area contributed by atoms with Gasteiger partial charge in [-0.25, -0.2) is 0 Å². The van der Waals surface area contributed by atoms with Gasteiger partial charge in [0.05, 0.1) is 0 Å². The maximum absolute atomic E-state index is 12.6. The molecule has 0 saturated heterocycles. The number of unbranched alkanes of at least 4 members (excludes halogenated alkanes) is 15. The van der Waals surface area contributed by atoms with Gasteiger partial charge in [0.25, 0.3) is 0 Å². The Labute approximate surface area is 387 Å². The lowest BCUT2D eigenvalue weighted by atomic mass is 10.1. The van der Waals surface area contributed by atoms with Gasteiger partial charge in [0.2, 0.25) is 0 Å². The number of hydrogen-bond acceptors (Lipinski definition) is 6. The molecule has 0 aromatic heterocycles. The predicted octanol–water partition coefficient (Wildman–Crippen LogP) is 16.8. The van der Waals surface area contributed by atoms with Crippen LogP contribution < -0.4 is 0 Å². The summed E-state index contributed by atoms with van der Waals surface area (Å²) in [5.74, 6) is -0.935. The average molecular weight is 873 g/mol. The lowest BCUT2D eigenvalue weighted by Gasteiger charge is -2.18. The zero-order chi connectivity index (χ0) is 45.8. The summed E-state index contributed by atoms with van der Waals surface area (Å²) >= 11 is 0. The van der Waals surface area contributed by atoms with Crippen LogP contribution in [0.25, 0.3) is 0 Å². The molecule has 63 heavy (non-hydrogen) atoms. The third-order valence-corrected chi connectivity index (χ3v) is 10.3. The van der Waals surface area contributed by atoms with Gasteiger partial charge >= 0.3 is 17.9 Å². The maximum atomic E-state index is 12.6. The summed E-state index contributed by atoms with van der Waals surface area (Å²) in [7, 11) is 0. The van der Waals surface area contributed by atoms with Crippen molar-refractivity contribution in [2.24, 2.45) is 0 Å². The summed E-state index contributed by atoms with van der Waals surface area (Å²) in [6, 6.07) is 0. The smallest absolute Gasteiger partial charge is 0.306 e.